The summed E-state index contributed by atoms with van der Waals surface area (Å²) in [6.07, 6.45) is 3.67. The van der Waals surface area contributed by atoms with E-state index in [9.17, 15) is 0 Å². The van der Waals surface area contributed by atoms with E-state index < -0.39 is 0 Å². The lowest BCUT2D eigenvalue weighted by Gasteiger charge is -2.05. The van der Waals surface area contributed by atoms with Crippen molar-refractivity contribution in [2.24, 2.45) is 0 Å². The zero-order valence-electron chi connectivity index (χ0n) is 10.7. The maximum Gasteiger partial charge on any atom is 0.160 e. The highest BCUT2D eigenvalue weighted by atomic mass is 15.2. The standard InChI is InChI=1S/C16H12N4/c1-2-4-15-14(3-1)16(20-19-15)18-13-6-5-12-10-17-8-7-11(12)9-13/h1-10H,(H2,18,19,20). The molecule has 4 nitrogen and oxygen atoms in total. The average Bonchev–Trinajstić information content (AvgIpc) is 2.91. The van der Waals surface area contributed by atoms with Gasteiger partial charge in [-0.3, -0.25) is 10.1 Å². The van der Waals surface area contributed by atoms with Gasteiger partial charge in [0.1, 0.15) is 0 Å². The van der Waals surface area contributed by atoms with Gasteiger partial charge in [-0.2, -0.15) is 5.10 Å². The minimum atomic E-state index is 0.842. The Morgan fingerprint density at radius 3 is 2.90 bits per heavy atom. The largest absolute Gasteiger partial charge is 0.338 e. The second-order valence-corrected chi connectivity index (χ2v) is 4.68. The van der Waals surface area contributed by atoms with Crippen molar-refractivity contribution < 1.29 is 0 Å². The van der Waals surface area contributed by atoms with Gasteiger partial charge in [0, 0.05) is 28.9 Å². The number of benzene rings is 2. The molecule has 0 unspecified atom stereocenters. The summed E-state index contributed by atoms with van der Waals surface area (Å²) >= 11 is 0. The van der Waals surface area contributed by atoms with Gasteiger partial charge in [0.05, 0.1) is 5.52 Å². The van der Waals surface area contributed by atoms with Crippen LogP contribution in [0.2, 0.25) is 0 Å². The summed E-state index contributed by atoms with van der Waals surface area (Å²) in [4.78, 5) is 4.12. The van der Waals surface area contributed by atoms with E-state index in [4.69, 9.17) is 0 Å². The second-order valence-electron chi connectivity index (χ2n) is 4.68. The van der Waals surface area contributed by atoms with Gasteiger partial charge in [0.25, 0.3) is 0 Å². The van der Waals surface area contributed by atoms with Crippen molar-refractivity contribution in [2.75, 3.05) is 5.32 Å². The molecule has 4 aromatic rings. The molecule has 0 amide bonds. The molecule has 0 bridgehead atoms. The molecule has 0 aliphatic heterocycles. The molecule has 0 saturated heterocycles. The number of rotatable bonds is 2. The van der Waals surface area contributed by atoms with Gasteiger partial charge in [0.15, 0.2) is 5.82 Å². The van der Waals surface area contributed by atoms with Gasteiger partial charge in [-0.25, -0.2) is 0 Å². The number of aromatic nitrogens is 3. The number of nitrogens with one attached hydrogen (secondary N) is 2. The molecule has 2 aromatic heterocycles. The normalized spacial score (nSPS) is 11.0. The Labute approximate surface area is 115 Å². The highest BCUT2D eigenvalue weighted by molar-refractivity contribution is 5.92. The molecule has 0 aliphatic carbocycles. The van der Waals surface area contributed by atoms with Gasteiger partial charge < -0.3 is 5.32 Å². The van der Waals surface area contributed by atoms with Crippen molar-refractivity contribution in [1.82, 2.24) is 15.2 Å². The molecule has 4 heteroatoms. The third-order valence-corrected chi connectivity index (χ3v) is 3.37. The summed E-state index contributed by atoms with van der Waals surface area (Å²) in [5.74, 6) is 0.842. The topological polar surface area (TPSA) is 53.6 Å². The number of H-pyrrole nitrogens is 1. The van der Waals surface area contributed by atoms with Crippen LogP contribution in [0.3, 0.4) is 0 Å². The number of aromatic amines is 1. The molecule has 0 radical (unpaired) electrons. The number of anilines is 2. The summed E-state index contributed by atoms with van der Waals surface area (Å²) in [6, 6.07) is 16.3. The molecule has 2 heterocycles. The van der Waals surface area contributed by atoms with Crippen LogP contribution >= 0.6 is 0 Å². The van der Waals surface area contributed by atoms with Gasteiger partial charge in [0.2, 0.25) is 0 Å². The molecule has 4 rings (SSSR count). The van der Waals surface area contributed by atoms with E-state index in [0.29, 0.717) is 0 Å². The maximum absolute atomic E-state index is 4.32. The minimum Gasteiger partial charge on any atom is -0.338 e. The van der Waals surface area contributed by atoms with Crippen molar-refractivity contribution in [3.05, 3.63) is 60.9 Å². The summed E-state index contributed by atoms with van der Waals surface area (Å²) in [5, 5.41) is 14.1. The van der Waals surface area contributed by atoms with Crippen LogP contribution in [0.1, 0.15) is 0 Å². The zero-order chi connectivity index (χ0) is 13.4. The molecule has 2 aromatic carbocycles. The van der Waals surface area contributed by atoms with Crippen LogP contribution in [0.4, 0.5) is 11.5 Å². The van der Waals surface area contributed by atoms with Crippen LogP contribution in [0.15, 0.2) is 60.9 Å². The van der Waals surface area contributed by atoms with E-state index in [-0.39, 0.29) is 0 Å². The highest BCUT2D eigenvalue weighted by Gasteiger charge is 2.05. The summed E-state index contributed by atoms with van der Waals surface area (Å²) in [6.45, 7) is 0. The number of para-hydroxylation sites is 1. The Kier molecular flexibility index (Phi) is 2.39. The van der Waals surface area contributed by atoms with E-state index in [1.807, 2.05) is 42.6 Å². The van der Waals surface area contributed by atoms with Crippen molar-refractivity contribution >= 4 is 33.2 Å². The van der Waals surface area contributed by atoms with Gasteiger partial charge in [-0.05, 0) is 35.7 Å². The molecular formula is C16H12N4. The van der Waals surface area contributed by atoms with Gasteiger partial charge in [-0.15, -0.1) is 0 Å². The molecule has 0 atom stereocenters. The average molecular weight is 260 g/mol. The number of hydrogen-bond acceptors (Lipinski definition) is 3. The predicted octanol–water partition coefficient (Wildman–Crippen LogP) is 3.85. The molecule has 2 N–H and O–H groups in total. The molecule has 0 saturated carbocycles. The molecular weight excluding hydrogens is 248 g/mol. The molecule has 96 valence electrons. The van der Waals surface area contributed by atoms with Crippen molar-refractivity contribution in [1.29, 1.82) is 0 Å². The van der Waals surface area contributed by atoms with Gasteiger partial charge >= 0.3 is 0 Å². The lowest BCUT2D eigenvalue weighted by atomic mass is 10.1. The third kappa shape index (κ3) is 1.78. The van der Waals surface area contributed by atoms with Gasteiger partial charge in [-0.1, -0.05) is 18.2 Å². The maximum atomic E-state index is 4.32. The van der Waals surface area contributed by atoms with Crippen LogP contribution in [-0.4, -0.2) is 15.2 Å². The Hall–Kier alpha value is -2.88. The number of nitrogens with zero attached hydrogens (tertiary/aromatic N) is 2. The first-order chi connectivity index (χ1) is 9.90. The summed E-state index contributed by atoms with van der Waals surface area (Å²) in [7, 11) is 0. The van der Waals surface area contributed by atoms with E-state index in [0.717, 1.165) is 33.2 Å². The fourth-order valence-electron chi connectivity index (χ4n) is 2.36. The smallest absolute Gasteiger partial charge is 0.160 e. The number of hydrogen-bond donors (Lipinski definition) is 2. The van der Waals surface area contributed by atoms with Crippen molar-refractivity contribution in [3.8, 4) is 0 Å². The molecule has 0 spiro atoms. The quantitative estimate of drug-likeness (QED) is 0.575. The fourth-order valence-corrected chi connectivity index (χ4v) is 2.36. The van der Waals surface area contributed by atoms with Crippen LogP contribution in [-0.2, 0) is 0 Å². The summed E-state index contributed by atoms with van der Waals surface area (Å²) < 4.78 is 0. The van der Waals surface area contributed by atoms with E-state index in [2.05, 4.69) is 32.6 Å². The lowest BCUT2D eigenvalue weighted by Crippen LogP contribution is -1.91. The van der Waals surface area contributed by atoms with Crippen molar-refractivity contribution in [2.45, 2.75) is 0 Å². The van der Waals surface area contributed by atoms with E-state index in [1.54, 1.807) is 6.20 Å². The second kappa shape index (κ2) is 4.35. The van der Waals surface area contributed by atoms with Crippen LogP contribution in [0, 0.1) is 0 Å². The van der Waals surface area contributed by atoms with Crippen LogP contribution < -0.4 is 5.32 Å². The minimum absolute atomic E-state index is 0.842. The monoisotopic (exact) mass is 260 g/mol. The fraction of sp³-hybridized carbons (Fsp3) is 0. The first kappa shape index (κ1) is 11.0. The molecule has 0 aliphatic rings. The molecule has 20 heavy (non-hydrogen) atoms. The first-order valence-electron chi connectivity index (χ1n) is 6.44. The zero-order valence-corrected chi connectivity index (χ0v) is 10.7. The first-order valence-corrected chi connectivity index (χ1v) is 6.44. The van der Waals surface area contributed by atoms with Crippen LogP contribution in [0.25, 0.3) is 21.7 Å². The SMILES string of the molecule is c1ccc2c(Nc3ccc4cnccc4c3)n[nH]c2c1. The Balaban J connectivity index is 1.76. The Morgan fingerprint density at radius 2 is 1.90 bits per heavy atom. The van der Waals surface area contributed by atoms with Crippen molar-refractivity contribution in [3.63, 3.8) is 0 Å². The highest BCUT2D eigenvalue weighted by Crippen LogP contribution is 2.25. The van der Waals surface area contributed by atoms with E-state index in [1.165, 1.54) is 0 Å². The predicted molar refractivity (Wildman–Crippen MR) is 81.1 cm³/mol. The number of fused-ring (bicyclic) bond motifs is 2. The third-order valence-electron chi connectivity index (χ3n) is 3.37. The Bertz CT molecular complexity index is 895. The lowest BCUT2D eigenvalue weighted by molar-refractivity contribution is 1.12. The summed E-state index contributed by atoms with van der Waals surface area (Å²) in [5.41, 5.74) is 2.04. The van der Waals surface area contributed by atoms with Crippen LogP contribution in [0.5, 0.6) is 0 Å². The Morgan fingerprint density at radius 1 is 0.950 bits per heavy atom. The van der Waals surface area contributed by atoms with E-state index >= 15 is 0 Å². The number of pyridine rings is 1. The molecule has 0 fully saturated rings.